The van der Waals surface area contributed by atoms with Crippen molar-refractivity contribution in [1.82, 2.24) is 20.0 Å². The molecule has 0 saturated carbocycles. The van der Waals surface area contributed by atoms with Gasteiger partial charge >= 0.3 is 12.0 Å². The Morgan fingerprint density at radius 2 is 1.41 bits per heavy atom. The summed E-state index contributed by atoms with van der Waals surface area (Å²) in [5.74, 6) is 4.16. The molecule has 7 atom stereocenters. The summed E-state index contributed by atoms with van der Waals surface area (Å²) in [5.41, 5.74) is 3.47. The van der Waals surface area contributed by atoms with Gasteiger partial charge in [0, 0.05) is 25.2 Å². The van der Waals surface area contributed by atoms with Gasteiger partial charge in [-0.25, -0.2) is 9.69 Å². The first-order chi connectivity index (χ1) is 36.2. The van der Waals surface area contributed by atoms with Crippen LogP contribution in [0.5, 0.6) is 5.75 Å². The smallest absolute Gasteiger partial charge is 0.329 e. The molecule has 0 radical (unpaired) electrons. The Labute approximate surface area is 433 Å². The van der Waals surface area contributed by atoms with Gasteiger partial charge in [-0.1, -0.05) is 165 Å². The van der Waals surface area contributed by atoms with Gasteiger partial charge in [0.05, 0.1) is 42.9 Å². The summed E-state index contributed by atoms with van der Waals surface area (Å²) in [7, 11) is 2.01. The lowest BCUT2D eigenvalue weighted by molar-refractivity contribution is -0.179. The highest BCUT2D eigenvalue weighted by molar-refractivity contribution is 6.24. The number of esters is 1. The molecule has 3 saturated heterocycles. The fourth-order valence-corrected chi connectivity index (χ4v) is 11.9. The number of carbonyl (C=O) groups excluding carboxylic acids is 4. The van der Waals surface area contributed by atoms with Gasteiger partial charge in [0.15, 0.2) is 0 Å². The third-order valence-corrected chi connectivity index (χ3v) is 15.1. The quantitative estimate of drug-likeness (QED) is 0.0910. The number of ether oxygens (including phenoxy) is 2. The number of amides is 4. The predicted molar refractivity (Wildman–Crippen MR) is 284 cm³/mol. The van der Waals surface area contributed by atoms with Crippen LogP contribution >= 0.6 is 0 Å². The lowest BCUT2D eigenvalue weighted by atomic mass is 9.64. The summed E-state index contributed by atoms with van der Waals surface area (Å²) < 4.78 is 12.8. The Kier molecular flexibility index (Phi) is 15.1. The molecule has 6 aromatic rings. The van der Waals surface area contributed by atoms with Crippen LogP contribution in [0.15, 0.2) is 164 Å². The van der Waals surface area contributed by atoms with Crippen molar-refractivity contribution >= 4 is 29.5 Å². The maximum absolute atomic E-state index is 16.9. The normalized spacial score (nSPS) is 22.9. The number of benzene rings is 6. The number of hydrogen-bond donors (Lipinski definition) is 2. The summed E-state index contributed by atoms with van der Waals surface area (Å²) in [4.78, 5) is 71.6. The van der Waals surface area contributed by atoms with E-state index < -0.39 is 59.5 Å². The maximum Gasteiger partial charge on any atom is 0.329 e. The Morgan fingerprint density at radius 1 is 0.770 bits per heavy atom. The van der Waals surface area contributed by atoms with Gasteiger partial charge in [-0.15, -0.1) is 0 Å². The van der Waals surface area contributed by atoms with Crippen molar-refractivity contribution in [3.05, 3.63) is 203 Å². The number of aliphatic hydroxyl groups is 1. The fourth-order valence-electron chi connectivity index (χ4n) is 11.9. The SMILES string of the molecule is C[C@@H](NC(=O)N1C(=O)[C@@]2(c3cc(C#CCN(C)Cc4ccccc4)ccc31)[C@H](c1cccc(OCCO)c1)N1[C@H](c3ccccc3)[C@H](c3ccccc3)OC(=O)[C@H]1[C@@H]2C(=O)N1CCCCCCC1)c1ccccc1. The fraction of sp³-hybridized carbons (Fsp3) is 0.323. The summed E-state index contributed by atoms with van der Waals surface area (Å²) in [6.07, 6.45) is 3.57. The molecule has 0 bridgehead atoms. The highest BCUT2D eigenvalue weighted by Crippen LogP contribution is 2.66. The Balaban J connectivity index is 1.23. The van der Waals surface area contributed by atoms with E-state index in [0.717, 1.165) is 54.4 Å². The standard InChI is InChI=1S/C62H63N5O7/c1-43(46-25-12-7-13-26-46)63-61(72)66-52-34-33-44(24-21-35-64(2)42-45-22-10-6-11-23-45)40-51(52)62(60(66)71)53(58(69)65-36-18-4-3-5-19-37-65)55-59(70)74-56(48-29-16-9-17-30-48)54(47-27-14-8-15-28-47)67(55)57(62)49-31-20-32-50(41-49)73-39-38-68/h6-17,20,22-23,25-34,40-41,43,53-57,68H,3-5,18-19,35-39,42H2,1-2H3,(H,63,72)/t43-,53-,54-,55-,56+,57+,62-/m1/s1. The zero-order valence-corrected chi connectivity index (χ0v) is 42.0. The summed E-state index contributed by atoms with van der Waals surface area (Å²) in [5, 5.41) is 13.1. The number of cyclic esters (lactones) is 1. The molecule has 0 aromatic heterocycles. The van der Waals surface area contributed by atoms with Crippen LogP contribution in [0.3, 0.4) is 0 Å². The number of nitrogens with one attached hydrogen (secondary N) is 1. The third-order valence-electron chi connectivity index (χ3n) is 15.1. The average molecular weight is 990 g/mol. The van der Waals surface area contributed by atoms with Crippen LogP contribution in [0.1, 0.15) is 102 Å². The molecular formula is C62H63N5O7. The minimum atomic E-state index is -1.94. The van der Waals surface area contributed by atoms with Gasteiger partial charge in [0.25, 0.3) is 0 Å². The monoisotopic (exact) mass is 989 g/mol. The number of likely N-dealkylation sites (tertiary alicyclic amines) is 1. The molecule has 4 heterocycles. The van der Waals surface area contributed by atoms with Gasteiger partial charge in [-0.2, -0.15) is 0 Å². The van der Waals surface area contributed by atoms with Crippen LogP contribution in [-0.4, -0.2) is 89.6 Å². The van der Waals surface area contributed by atoms with E-state index >= 15 is 19.2 Å². The molecular weight excluding hydrogens is 927 g/mol. The molecule has 74 heavy (non-hydrogen) atoms. The Hall–Kier alpha value is -7.56. The maximum atomic E-state index is 16.9. The van der Waals surface area contributed by atoms with Crippen molar-refractivity contribution in [1.29, 1.82) is 0 Å². The molecule has 2 N–H and O–H groups in total. The first-order valence-corrected chi connectivity index (χ1v) is 25.9. The van der Waals surface area contributed by atoms with E-state index in [0.29, 0.717) is 54.3 Å². The lowest BCUT2D eigenvalue weighted by Crippen LogP contribution is -2.57. The van der Waals surface area contributed by atoms with E-state index in [-0.39, 0.29) is 19.1 Å². The van der Waals surface area contributed by atoms with Crippen LogP contribution in [0.2, 0.25) is 0 Å². The van der Waals surface area contributed by atoms with Crippen LogP contribution in [0, 0.1) is 17.8 Å². The number of nitrogens with zero attached hydrogens (tertiary/aromatic N) is 4. The molecule has 12 nitrogen and oxygen atoms in total. The molecule has 10 rings (SSSR count). The number of hydrogen-bond acceptors (Lipinski definition) is 9. The Morgan fingerprint density at radius 3 is 2.09 bits per heavy atom. The second kappa shape index (κ2) is 22.3. The second-order valence-corrected chi connectivity index (χ2v) is 19.9. The van der Waals surface area contributed by atoms with Gasteiger partial charge in [0.2, 0.25) is 11.8 Å². The number of aliphatic hydroxyl groups excluding tert-OH is 1. The molecule has 4 aliphatic heterocycles. The average Bonchev–Trinajstić information content (AvgIpc) is 3.92. The van der Waals surface area contributed by atoms with Crippen molar-refractivity contribution in [3.8, 4) is 17.6 Å². The molecule has 3 fully saturated rings. The number of rotatable bonds is 12. The molecule has 1 spiro atoms. The predicted octanol–water partition coefficient (Wildman–Crippen LogP) is 9.47. The highest BCUT2D eigenvalue weighted by Gasteiger charge is 2.76. The van der Waals surface area contributed by atoms with Crippen LogP contribution in [-0.2, 0) is 31.1 Å². The summed E-state index contributed by atoms with van der Waals surface area (Å²) in [6, 6.07) is 47.6. The summed E-state index contributed by atoms with van der Waals surface area (Å²) in [6.45, 7) is 3.65. The van der Waals surface area contributed by atoms with E-state index in [2.05, 4.69) is 39.1 Å². The molecule has 12 heteroatoms. The molecule has 4 aliphatic rings. The largest absolute Gasteiger partial charge is 0.491 e. The lowest BCUT2D eigenvalue weighted by Gasteiger charge is -2.46. The molecule has 4 amide bonds. The topological polar surface area (TPSA) is 132 Å². The van der Waals surface area contributed by atoms with Gasteiger partial charge in [-0.05, 0) is 90.5 Å². The minimum Gasteiger partial charge on any atom is -0.491 e. The van der Waals surface area contributed by atoms with Crippen molar-refractivity contribution in [2.75, 3.05) is 44.8 Å². The molecule has 378 valence electrons. The number of urea groups is 1. The molecule has 0 unspecified atom stereocenters. The van der Waals surface area contributed by atoms with Crippen LogP contribution in [0.4, 0.5) is 10.5 Å². The van der Waals surface area contributed by atoms with Gasteiger partial charge < -0.3 is 24.8 Å². The van der Waals surface area contributed by atoms with Crippen molar-refractivity contribution in [3.63, 3.8) is 0 Å². The van der Waals surface area contributed by atoms with Gasteiger partial charge in [0.1, 0.15) is 29.9 Å². The van der Waals surface area contributed by atoms with Crippen molar-refractivity contribution < 1.29 is 33.8 Å². The minimum absolute atomic E-state index is 0.00853. The van der Waals surface area contributed by atoms with E-state index in [4.69, 9.17) is 9.47 Å². The van der Waals surface area contributed by atoms with Crippen molar-refractivity contribution in [2.24, 2.45) is 5.92 Å². The van der Waals surface area contributed by atoms with E-state index in [1.165, 1.54) is 4.90 Å². The zero-order chi connectivity index (χ0) is 51.2. The van der Waals surface area contributed by atoms with Crippen LogP contribution < -0.4 is 15.0 Å². The van der Waals surface area contributed by atoms with Gasteiger partial charge in [-0.3, -0.25) is 24.2 Å². The van der Waals surface area contributed by atoms with E-state index in [1.807, 2.05) is 158 Å². The molecule has 6 aromatic carbocycles. The zero-order valence-electron chi connectivity index (χ0n) is 42.0. The highest BCUT2D eigenvalue weighted by atomic mass is 16.6. The van der Waals surface area contributed by atoms with E-state index in [1.54, 1.807) is 12.1 Å². The third kappa shape index (κ3) is 9.71. The Bertz CT molecular complexity index is 3010. The number of anilines is 1. The first-order valence-electron chi connectivity index (χ1n) is 25.9. The van der Waals surface area contributed by atoms with Crippen molar-refractivity contribution in [2.45, 2.75) is 81.3 Å². The van der Waals surface area contributed by atoms with Crippen LogP contribution in [0.25, 0.3) is 0 Å². The number of fused-ring (bicyclic) bond motifs is 3. The van der Waals surface area contributed by atoms with E-state index in [9.17, 15) is 5.11 Å². The first kappa shape index (κ1) is 50.0. The summed E-state index contributed by atoms with van der Waals surface area (Å²) >= 11 is 0. The number of carbonyl (C=O) groups is 4. The number of morpholine rings is 1. The number of imide groups is 1. The molecule has 0 aliphatic carbocycles. The second-order valence-electron chi connectivity index (χ2n) is 19.9.